The Bertz CT molecular complexity index is 1580. The number of hydrogen-bond acceptors (Lipinski definition) is 8. The van der Waals surface area contributed by atoms with E-state index in [1.54, 1.807) is 6.20 Å². The molecule has 1 fully saturated rings. The van der Waals surface area contributed by atoms with Gasteiger partial charge in [-0.15, -0.1) is 0 Å². The van der Waals surface area contributed by atoms with Crippen molar-refractivity contribution in [2.75, 3.05) is 45.6 Å². The number of H-pyrrole nitrogens is 1. The normalized spacial score (nSPS) is 14.3. The van der Waals surface area contributed by atoms with E-state index >= 15 is 0 Å². The SMILES string of the molecule is CN(C)CCCNc1ncc(-c2ccccc2)c(-c2ccc(CN3CCC(c4nc(-c5ccccn5)n[nH]4)CC3)cc2)n1. The van der Waals surface area contributed by atoms with Crippen LogP contribution in [0.5, 0.6) is 0 Å². The summed E-state index contributed by atoms with van der Waals surface area (Å²) in [6.45, 7) is 4.84. The zero-order chi connectivity index (χ0) is 29.4. The summed E-state index contributed by atoms with van der Waals surface area (Å²) in [7, 11) is 4.18. The van der Waals surface area contributed by atoms with Gasteiger partial charge in [0.1, 0.15) is 11.5 Å². The van der Waals surface area contributed by atoms with Crippen LogP contribution in [0.2, 0.25) is 0 Å². The van der Waals surface area contributed by atoms with Gasteiger partial charge < -0.3 is 10.2 Å². The molecule has 4 heterocycles. The number of rotatable bonds is 11. The van der Waals surface area contributed by atoms with Crippen LogP contribution in [0.3, 0.4) is 0 Å². The van der Waals surface area contributed by atoms with E-state index in [0.29, 0.717) is 17.7 Å². The highest BCUT2D eigenvalue weighted by Crippen LogP contribution is 2.32. The third-order valence-electron chi connectivity index (χ3n) is 7.94. The fourth-order valence-electron chi connectivity index (χ4n) is 5.57. The van der Waals surface area contributed by atoms with Gasteiger partial charge in [0.25, 0.3) is 0 Å². The molecule has 0 bridgehead atoms. The molecule has 6 rings (SSSR count). The van der Waals surface area contributed by atoms with Gasteiger partial charge in [0.2, 0.25) is 5.95 Å². The Kier molecular flexibility index (Phi) is 9.10. The van der Waals surface area contributed by atoms with E-state index in [0.717, 1.165) is 85.9 Å². The number of piperidine rings is 1. The molecule has 1 aliphatic rings. The summed E-state index contributed by atoms with van der Waals surface area (Å²) in [5.74, 6) is 2.70. The van der Waals surface area contributed by atoms with Crippen molar-refractivity contribution in [2.45, 2.75) is 31.7 Å². The van der Waals surface area contributed by atoms with Crippen LogP contribution in [0, 0.1) is 0 Å². The number of anilines is 1. The van der Waals surface area contributed by atoms with Crippen molar-refractivity contribution in [1.82, 2.24) is 39.9 Å². The van der Waals surface area contributed by atoms with Crippen LogP contribution < -0.4 is 5.32 Å². The number of pyridine rings is 1. The van der Waals surface area contributed by atoms with Gasteiger partial charge in [0, 0.05) is 42.5 Å². The van der Waals surface area contributed by atoms with Crippen LogP contribution in [-0.4, -0.2) is 80.2 Å². The number of likely N-dealkylation sites (tertiary alicyclic amines) is 1. The number of aromatic amines is 1. The van der Waals surface area contributed by atoms with Crippen molar-refractivity contribution in [3.63, 3.8) is 0 Å². The first kappa shape index (κ1) is 28.6. The fraction of sp³-hybridized carbons (Fsp3) is 0.324. The van der Waals surface area contributed by atoms with Gasteiger partial charge in [-0.1, -0.05) is 60.7 Å². The first-order valence-electron chi connectivity index (χ1n) is 15.1. The summed E-state index contributed by atoms with van der Waals surface area (Å²) in [5.41, 5.74) is 6.29. The second kappa shape index (κ2) is 13.7. The first-order valence-corrected chi connectivity index (χ1v) is 15.1. The quantitative estimate of drug-likeness (QED) is 0.193. The van der Waals surface area contributed by atoms with Crippen LogP contribution in [-0.2, 0) is 6.54 Å². The molecule has 9 heteroatoms. The summed E-state index contributed by atoms with van der Waals surface area (Å²) in [6.07, 6.45) is 6.86. The molecule has 0 atom stereocenters. The van der Waals surface area contributed by atoms with Crippen molar-refractivity contribution >= 4 is 5.95 Å². The summed E-state index contributed by atoms with van der Waals surface area (Å²) >= 11 is 0. The zero-order valence-corrected chi connectivity index (χ0v) is 24.9. The van der Waals surface area contributed by atoms with E-state index in [1.165, 1.54) is 5.56 Å². The average molecular weight is 574 g/mol. The Hall–Kier alpha value is -4.47. The molecule has 3 aromatic heterocycles. The molecule has 0 spiro atoms. The van der Waals surface area contributed by atoms with Crippen molar-refractivity contribution in [1.29, 1.82) is 0 Å². The van der Waals surface area contributed by atoms with Gasteiger partial charge in [0.15, 0.2) is 5.82 Å². The fourth-order valence-corrected chi connectivity index (χ4v) is 5.57. The van der Waals surface area contributed by atoms with Gasteiger partial charge in [-0.2, -0.15) is 5.10 Å². The predicted molar refractivity (Wildman–Crippen MR) is 171 cm³/mol. The summed E-state index contributed by atoms with van der Waals surface area (Å²) in [6, 6.07) is 25.0. The maximum absolute atomic E-state index is 4.98. The second-order valence-electron chi connectivity index (χ2n) is 11.4. The highest BCUT2D eigenvalue weighted by atomic mass is 15.2. The molecule has 0 saturated carbocycles. The number of nitrogens with one attached hydrogen (secondary N) is 2. The highest BCUT2D eigenvalue weighted by molar-refractivity contribution is 5.80. The molecule has 1 saturated heterocycles. The molecule has 0 aliphatic carbocycles. The molecule has 0 radical (unpaired) electrons. The zero-order valence-electron chi connectivity index (χ0n) is 24.9. The smallest absolute Gasteiger partial charge is 0.223 e. The van der Waals surface area contributed by atoms with Crippen molar-refractivity contribution in [3.05, 3.63) is 96.6 Å². The average Bonchev–Trinajstić information content (AvgIpc) is 3.55. The minimum Gasteiger partial charge on any atom is -0.354 e. The largest absolute Gasteiger partial charge is 0.354 e. The van der Waals surface area contributed by atoms with Crippen LogP contribution >= 0.6 is 0 Å². The van der Waals surface area contributed by atoms with E-state index in [2.05, 4.69) is 97.9 Å². The third kappa shape index (κ3) is 7.31. The van der Waals surface area contributed by atoms with Crippen LogP contribution in [0.4, 0.5) is 5.95 Å². The standard InChI is InChI=1S/C34H39N9/c1-42(2)20-8-19-36-34-37-23-29(26-9-4-3-5-10-26)31(38-34)27-14-12-25(13-15-27)24-43-21-16-28(17-22-43)32-39-33(41-40-32)30-11-6-7-18-35-30/h3-7,9-15,18,23,28H,8,16-17,19-22,24H2,1-2H3,(H,36,37,38)(H,39,40,41). The molecule has 5 aromatic rings. The first-order chi connectivity index (χ1) is 21.1. The highest BCUT2D eigenvalue weighted by Gasteiger charge is 2.24. The van der Waals surface area contributed by atoms with E-state index in [-0.39, 0.29) is 0 Å². The molecule has 0 unspecified atom stereocenters. The van der Waals surface area contributed by atoms with Gasteiger partial charge >= 0.3 is 0 Å². The van der Waals surface area contributed by atoms with E-state index in [9.17, 15) is 0 Å². The lowest BCUT2D eigenvalue weighted by Gasteiger charge is -2.31. The van der Waals surface area contributed by atoms with E-state index < -0.39 is 0 Å². The Morgan fingerprint density at radius 2 is 1.67 bits per heavy atom. The lowest BCUT2D eigenvalue weighted by Crippen LogP contribution is -2.32. The Morgan fingerprint density at radius 3 is 2.42 bits per heavy atom. The van der Waals surface area contributed by atoms with Crippen molar-refractivity contribution in [3.8, 4) is 33.9 Å². The third-order valence-corrected chi connectivity index (χ3v) is 7.94. The molecular formula is C34H39N9. The minimum absolute atomic E-state index is 0.392. The van der Waals surface area contributed by atoms with E-state index in [4.69, 9.17) is 9.97 Å². The minimum atomic E-state index is 0.392. The second-order valence-corrected chi connectivity index (χ2v) is 11.4. The number of hydrogen-bond donors (Lipinski definition) is 2. The number of aromatic nitrogens is 6. The van der Waals surface area contributed by atoms with Gasteiger partial charge in [-0.25, -0.2) is 15.0 Å². The lowest BCUT2D eigenvalue weighted by atomic mass is 9.95. The molecular weight excluding hydrogens is 534 g/mol. The van der Waals surface area contributed by atoms with Crippen molar-refractivity contribution in [2.24, 2.45) is 0 Å². The molecule has 2 N–H and O–H groups in total. The maximum Gasteiger partial charge on any atom is 0.223 e. The Balaban J connectivity index is 1.10. The maximum atomic E-state index is 4.98. The van der Waals surface area contributed by atoms with Gasteiger partial charge in [0.05, 0.1) is 5.69 Å². The van der Waals surface area contributed by atoms with E-state index in [1.807, 2.05) is 30.5 Å². The number of nitrogens with zero attached hydrogens (tertiary/aromatic N) is 7. The molecule has 220 valence electrons. The molecule has 9 nitrogen and oxygen atoms in total. The van der Waals surface area contributed by atoms with Crippen molar-refractivity contribution < 1.29 is 0 Å². The summed E-state index contributed by atoms with van der Waals surface area (Å²) in [4.78, 5) is 23.5. The topological polar surface area (TPSA) is 98.7 Å². The van der Waals surface area contributed by atoms with Crippen LogP contribution in [0.25, 0.3) is 33.9 Å². The monoisotopic (exact) mass is 573 g/mol. The predicted octanol–water partition coefficient (Wildman–Crippen LogP) is 5.73. The van der Waals surface area contributed by atoms with Gasteiger partial charge in [-0.3, -0.25) is 15.0 Å². The molecule has 0 amide bonds. The Labute approximate surface area is 253 Å². The summed E-state index contributed by atoms with van der Waals surface area (Å²) in [5, 5.41) is 11.0. The Morgan fingerprint density at radius 1 is 0.884 bits per heavy atom. The molecule has 2 aromatic carbocycles. The molecule has 43 heavy (non-hydrogen) atoms. The number of benzene rings is 2. The van der Waals surface area contributed by atoms with Crippen LogP contribution in [0.15, 0.2) is 85.2 Å². The summed E-state index contributed by atoms with van der Waals surface area (Å²) < 4.78 is 0. The lowest BCUT2D eigenvalue weighted by molar-refractivity contribution is 0.202. The van der Waals surface area contributed by atoms with Gasteiger partial charge in [-0.05, 0) is 76.3 Å². The van der Waals surface area contributed by atoms with Crippen LogP contribution in [0.1, 0.15) is 36.6 Å². The molecule has 1 aliphatic heterocycles.